The Morgan fingerprint density at radius 1 is 1.33 bits per heavy atom. The van der Waals surface area contributed by atoms with E-state index in [0.29, 0.717) is 12.5 Å². The van der Waals surface area contributed by atoms with Crippen LogP contribution in [0.15, 0.2) is 0 Å². The first kappa shape index (κ1) is 12.1. The number of hydrogen-bond acceptors (Lipinski definition) is 1. The maximum absolute atomic E-state index is 11.0. The van der Waals surface area contributed by atoms with Gasteiger partial charge < -0.3 is 5.32 Å². The summed E-state index contributed by atoms with van der Waals surface area (Å²) < 4.78 is 0. The molecular formula is C9H18LiNO. The molecule has 0 unspecified atom stereocenters. The normalized spacial score (nSPS) is 18.1. The van der Waals surface area contributed by atoms with E-state index in [9.17, 15) is 4.79 Å². The van der Waals surface area contributed by atoms with Crippen LogP contribution >= 0.6 is 0 Å². The second-order valence-electron chi connectivity index (χ2n) is 3.26. The molecule has 0 aromatic carbocycles. The average molecular weight is 163 g/mol. The second-order valence-corrected chi connectivity index (χ2v) is 3.26. The summed E-state index contributed by atoms with van der Waals surface area (Å²) in [6, 6.07) is 0.483. The summed E-state index contributed by atoms with van der Waals surface area (Å²) in [7, 11) is 0. The predicted octanol–water partition coefficient (Wildman–Crippen LogP) is 1.20. The molecule has 0 radical (unpaired) electrons. The van der Waals surface area contributed by atoms with E-state index in [-0.39, 0.29) is 24.8 Å². The van der Waals surface area contributed by atoms with Crippen LogP contribution < -0.4 is 5.32 Å². The Kier molecular flexibility index (Phi) is 6.61. The van der Waals surface area contributed by atoms with Crippen molar-refractivity contribution < 1.29 is 4.79 Å². The Hall–Kier alpha value is 0.0674. The van der Waals surface area contributed by atoms with Gasteiger partial charge in [0.2, 0.25) is 5.91 Å². The summed E-state index contributed by atoms with van der Waals surface area (Å²) >= 11 is 0. The molecule has 0 spiro atoms. The van der Waals surface area contributed by atoms with Crippen molar-refractivity contribution in [1.29, 1.82) is 0 Å². The Balaban J connectivity index is 0.00000121. The van der Waals surface area contributed by atoms with Crippen molar-refractivity contribution in [3.8, 4) is 0 Å². The first-order valence-electron chi connectivity index (χ1n) is 4.62. The third-order valence-corrected chi connectivity index (χ3v) is 2.29. The molecule has 66 valence electrons. The summed E-state index contributed by atoms with van der Waals surface area (Å²) in [5.74, 6) is 0.205. The summed E-state index contributed by atoms with van der Waals surface area (Å²) in [4.78, 5) is 11.0. The average Bonchev–Trinajstić information content (AvgIpc) is 2.06. The molecule has 1 N–H and O–H groups in total. The molecule has 1 amide bonds. The Morgan fingerprint density at radius 2 is 1.92 bits per heavy atom. The topological polar surface area (TPSA) is 29.1 Å². The van der Waals surface area contributed by atoms with Crippen LogP contribution in [0.2, 0.25) is 0 Å². The van der Waals surface area contributed by atoms with Crippen LogP contribution in [0.4, 0.5) is 0 Å². The molecule has 0 bridgehead atoms. The molecule has 2 nitrogen and oxygen atoms in total. The molecule has 12 heavy (non-hydrogen) atoms. The minimum absolute atomic E-state index is 0. The summed E-state index contributed by atoms with van der Waals surface area (Å²) in [5, 5.41) is 3.03. The molecule has 0 heterocycles. The van der Waals surface area contributed by atoms with Gasteiger partial charge in [-0.25, -0.2) is 0 Å². The van der Waals surface area contributed by atoms with E-state index in [4.69, 9.17) is 0 Å². The van der Waals surface area contributed by atoms with Gasteiger partial charge in [-0.2, -0.15) is 0 Å². The Morgan fingerprint density at radius 3 is 2.42 bits per heavy atom. The number of carbonyl (C=O) groups excluding carboxylic acids is 1. The summed E-state index contributed by atoms with van der Waals surface area (Å²) in [5.41, 5.74) is 0. The van der Waals surface area contributed by atoms with Gasteiger partial charge in [0.15, 0.2) is 0 Å². The molecule has 0 aromatic rings. The fourth-order valence-corrected chi connectivity index (χ4v) is 1.58. The van der Waals surface area contributed by atoms with Crippen LogP contribution in [0.3, 0.4) is 0 Å². The zero-order valence-corrected chi connectivity index (χ0v) is 7.23. The number of hydrogen-bond donors (Lipinski definition) is 1. The zero-order valence-electron chi connectivity index (χ0n) is 7.23. The molecule has 1 aliphatic rings. The van der Waals surface area contributed by atoms with Gasteiger partial charge >= 0.3 is 18.9 Å². The van der Waals surface area contributed by atoms with Gasteiger partial charge in [-0.1, -0.05) is 26.2 Å². The van der Waals surface area contributed by atoms with Crippen molar-refractivity contribution in [1.82, 2.24) is 5.32 Å². The molecular weight excluding hydrogens is 145 g/mol. The minimum atomic E-state index is 0. The fourth-order valence-electron chi connectivity index (χ4n) is 1.58. The summed E-state index contributed by atoms with van der Waals surface area (Å²) in [6.07, 6.45) is 6.91. The van der Waals surface area contributed by atoms with Gasteiger partial charge in [-0.05, 0) is 12.8 Å². The first-order valence-corrected chi connectivity index (χ1v) is 4.62. The van der Waals surface area contributed by atoms with Crippen LogP contribution in [0.25, 0.3) is 0 Å². The van der Waals surface area contributed by atoms with Gasteiger partial charge in [-0.3, -0.25) is 4.79 Å². The molecule has 1 rings (SSSR count). The summed E-state index contributed by atoms with van der Waals surface area (Å²) in [6.45, 7) is 1.90. The number of rotatable bonds is 2. The third kappa shape index (κ3) is 4.18. The van der Waals surface area contributed by atoms with Gasteiger partial charge in [0, 0.05) is 12.5 Å². The standard InChI is InChI=1S/C9H17NO.Li.H/c1-2-9(11)10-8-6-4-3-5-7-8;;/h8H,2-7H2,1H3,(H,10,11);;. The van der Waals surface area contributed by atoms with E-state index in [0.717, 1.165) is 0 Å². The fraction of sp³-hybridized carbons (Fsp3) is 0.889. The van der Waals surface area contributed by atoms with Gasteiger partial charge in [0.05, 0.1) is 0 Å². The van der Waals surface area contributed by atoms with Crippen LogP contribution in [0, 0.1) is 0 Å². The van der Waals surface area contributed by atoms with Crippen LogP contribution in [-0.4, -0.2) is 30.8 Å². The zero-order chi connectivity index (χ0) is 8.10. The van der Waals surface area contributed by atoms with E-state index in [1.807, 2.05) is 6.92 Å². The molecule has 1 aliphatic carbocycles. The van der Waals surface area contributed by atoms with E-state index < -0.39 is 0 Å². The molecule has 1 fully saturated rings. The van der Waals surface area contributed by atoms with Crippen molar-refractivity contribution >= 4 is 24.8 Å². The molecule has 3 heteroatoms. The van der Waals surface area contributed by atoms with Crippen LogP contribution in [0.1, 0.15) is 45.4 Å². The first-order chi connectivity index (χ1) is 5.33. The van der Waals surface area contributed by atoms with Crippen molar-refractivity contribution in [2.45, 2.75) is 51.5 Å². The predicted molar refractivity (Wildman–Crippen MR) is 52.5 cm³/mol. The van der Waals surface area contributed by atoms with Crippen molar-refractivity contribution in [2.75, 3.05) is 0 Å². The maximum atomic E-state index is 11.0. The van der Waals surface area contributed by atoms with Crippen molar-refractivity contribution in [3.63, 3.8) is 0 Å². The van der Waals surface area contributed by atoms with Gasteiger partial charge in [0.25, 0.3) is 0 Å². The second kappa shape index (κ2) is 6.57. The number of amides is 1. The van der Waals surface area contributed by atoms with Gasteiger partial charge in [-0.15, -0.1) is 0 Å². The SMILES string of the molecule is CCC(=O)NC1CCCCC1.[LiH]. The van der Waals surface area contributed by atoms with Crippen molar-refractivity contribution in [2.24, 2.45) is 0 Å². The van der Waals surface area contributed by atoms with Gasteiger partial charge in [0.1, 0.15) is 0 Å². The quantitative estimate of drug-likeness (QED) is 0.609. The van der Waals surface area contributed by atoms with Crippen LogP contribution in [0.5, 0.6) is 0 Å². The van der Waals surface area contributed by atoms with E-state index in [1.165, 1.54) is 32.1 Å². The molecule has 0 aromatic heterocycles. The van der Waals surface area contributed by atoms with E-state index in [2.05, 4.69) is 5.32 Å². The molecule has 0 saturated heterocycles. The Labute approximate surface area is 86.7 Å². The van der Waals surface area contributed by atoms with E-state index >= 15 is 0 Å². The van der Waals surface area contributed by atoms with Crippen molar-refractivity contribution in [3.05, 3.63) is 0 Å². The molecule has 0 aliphatic heterocycles. The molecule has 0 atom stereocenters. The monoisotopic (exact) mass is 163 g/mol. The number of nitrogens with one attached hydrogen (secondary N) is 1. The number of carbonyl (C=O) groups is 1. The van der Waals surface area contributed by atoms with Crippen LogP contribution in [-0.2, 0) is 4.79 Å². The molecule has 1 saturated carbocycles. The third-order valence-electron chi connectivity index (χ3n) is 2.29. The Bertz CT molecular complexity index is 132. The van der Waals surface area contributed by atoms with E-state index in [1.54, 1.807) is 0 Å².